The second-order valence-electron chi connectivity index (χ2n) is 15.6. The Labute approximate surface area is 295 Å². The molecule has 3 aromatic heterocycles. The van der Waals surface area contributed by atoms with Gasteiger partial charge in [0.05, 0.1) is 17.9 Å². The van der Waals surface area contributed by atoms with Gasteiger partial charge in [0.15, 0.2) is 5.65 Å². The van der Waals surface area contributed by atoms with Gasteiger partial charge in [-0.1, -0.05) is 79.7 Å². The summed E-state index contributed by atoms with van der Waals surface area (Å²) in [4.78, 5) is 38.1. The lowest BCUT2D eigenvalue weighted by Gasteiger charge is -2.38. The Morgan fingerprint density at radius 3 is 2.26 bits per heavy atom. The number of carbonyl (C=O) groups excluding carboxylic acids is 2. The smallest absolute Gasteiger partial charge is 0.320 e. The molecule has 0 saturated heterocycles. The number of hydrogen-bond donors (Lipinski definition) is 3. The number of urea groups is 1. The Hall–Kier alpha value is -4.58. The average Bonchev–Trinajstić information content (AvgIpc) is 3.50. The van der Waals surface area contributed by atoms with Gasteiger partial charge in [0.1, 0.15) is 23.5 Å². The van der Waals surface area contributed by atoms with E-state index in [-0.39, 0.29) is 46.1 Å². The van der Waals surface area contributed by atoms with E-state index < -0.39 is 6.03 Å². The predicted octanol–water partition coefficient (Wildman–Crippen LogP) is 6.74. The summed E-state index contributed by atoms with van der Waals surface area (Å²) in [5.74, 6) is 1.50. The van der Waals surface area contributed by atoms with E-state index in [1.807, 2.05) is 75.8 Å². The molecule has 0 spiro atoms. The SMILES string of the molecule is CCC(CC)(CNC(=O)c1nc(NC(=O)N[C@H]2CC[C@@H](Oc3ccc4nnc(C(C)(C)C)n4c3)c3ccccc32)cc(C(C)(C)C)n1)N(C)C. The minimum atomic E-state index is -0.412. The predicted molar refractivity (Wildman–Crippen MR) is 196 cm³/mol. The molecule has 0 radical (unpaired) electrons. The number of carbonyl (C=O) groups is 2. The van der Waals surface area contributed by atoms with Crippen LogP contribution in [0.5, 0.6) is 5.75 Å². The zero-order chi connectivity index (χ0) is 36.4. The number of amides is 3. The van der Waals surface area contributed by atoms with Crippen LogP contribution in [-0.2, 0) is 10.8 Å². The summed E-state index contributed by atoms with van der Waals surface area (Å²) in [5.41, 5.74) is 2.70. The van der Waals surface area contributed by atoms with Crippen LogP contribution in [0.3, 0.4) is 0 Å². The molecular weight excluding hydrogens is 630 g/mol. The third kappa shape index (κ3) is 7.90. The molecule has 12 heteroatoms. The van der Waals surface area contributed by atoms with Crippen molar-refractivity contribution in [1.82, 2.24) is 40.1 Å². The molecular formula is C38H53N9O3. The highest BCUT2D eigenvalue weighted by molar-refractivity contribution is 5.92. The third-order valence-electron chi connectivity index (χ3n) is 9.85. The van der Waals surface area contributed by atoms with E-state index in [0.717, 1.165) is 41.2 Å². The Bertz CT molecular complexity index is 1830. The molecule has 1 aromatic carbocycles. The summed E-state index contributed by atoms with van der Waals surface area (Å²) in [6.07, 6.45) is 4.88. The maximum atomic E-state index is 13.5. The quantitative estimate of drug-likeness (QED) is 0.167. The molecule has 3 N–H and O–H groups in total. The van der Waals surface area contributed by atoms with Crippen molar-refractivity contribution < 1.29 is 14.3 Å². The van der Waals surface area contributed by atoms with Crippen LogP contribution >= 0.6 is 0 Å². The molecule has 2 atom stereocenters. The summed E-state index contributed by atoms with van der Waals surface area (Å²) in [6, 6.07) is 13.0. The van der Waals surface area contributed by atoms with Crippen LogP contribution in [0.2, 0.25) is 0 Å². The first-order valence-corrected chi connectivity index (χ1v) is 17.6. The van der Waals surface area contributed by atoms with Crippen molar-refractivity contribution in [2.24, 2.45) is 0 Å². The van der Waals surface area contributed by atoms with Crippen LogP contribution < -0.4 is 20.7 Å². The van der Waals surface area contributed by atoms with Crippen molar-refractivity contribution in [3.05, 3.63) is 77.1 Å². The highest BCUT2D eigenvalue weighted by Crippen LogP contribution is 2.39. The highest BCUT2D eigenvalue weighted by Gasteiger charge is 2.32. The molecule has 0 unspecified atom stereocenters. The minimum absolute atomic E-state index is 0.0230. The minimum Gasteiger partial charge on any atom is -0.484 e. The lowest BCUT2D eigenvalue weighted by molar-refractivity contribution is 0.0872. The molecule has 3 amide bonds. The van der Waals surface area contributed by atoms with Gasteiger partial charge in [0.25, 0.3) is 5.91 Å². The summed E-state index contributed by atoms with van der Waals surface area (Å²) in [6.45, 7) is 17.1. The monoisotopic (exact) mass is 683 g/mol. The molecule has 0 aliphatic heterocycles. The first kappa shape index (κ1) is 36.7. The van der Waals surface area contributed by atoms with Crippen LogP contribution in [0.15, 0.2) is 48.7 Å². The van der Waals surface area contributed by atoms with E-state index in [9.17, 15) is 9.59 Å². The van der Waals surface area contributed by atoms with Gasteiger partial charge >= 0.3 is 6.03 Å². The van der Waals surface area contributed by atoms with E-state index in [1.54, 1.807) is 6.07 Å². The van der Waals surface area contributed by atoms with E-state index >= 15 is 0 Å². The number of anilines is 1. The molecule has 268 valence electrons. The second kappa shape index (κ2) is 14.3. The van der Waals surface area contributed by atoms with E-state index in [4.69, 9.17) is 4.74 Å². The molecule has 0 fully saturated rings. The number of ether oxygens (including phenoxy) is 1. The molecule has 50 heavy (non-hydrogen) atoms. The van der Waals surface area contributed by atoms with Crippen molar-refractivity contribution in [2.45, 2.75) is 110 Å². The van der Waals surface area contributed by atoms with Crippen LogP contribution in [0.25, 0.3) is 5.65 Å². The molecule has 1 aliphatic carbocycles. The molecule has 12 nitrogen and oxygen atoms in total. The van der Waals surface area contributed by atoms with Gasteiger partial charge in [0.2, 0.25) is 5.82 Å². The fourth-order valence-corrected chi connectivity index (χ4v) is 6.56. The first-order valence-electron chi connectivity index (χ1n) is 17.6. The average molecular weight is 684 g/mol. The zero-order valence-electron chi connectivity index (χ0n) is 31.2. The topological polar surface area (TPSA) is 139 Å². The number of likely N-dealkylation sites (N-methyl/N-ethyl adjacent to an activating group) is 1. The third-order valence-corrected chi connectivity index (χ3v) is 9.85. The van der Waals surface area contributed by atoms with Gasteiger partial charge in [-0.05, 0) is 63.0 Å². The number of pyridine rings is 1. The molecule has 0 bridgehead atoms. The van der Waals surface area contributed by atoms with E-state index in [2.05, 4.69) is 81.7 Å². The lowest BCUT2D eigenvalue weighted by Crippen LogP contribution is -2.52. The van der Waals surface area contributed by atoms with Crippen molar-refractivity contribution in [3.8, 4) is 5.75 Å². The molecule has 4 aromatic rings. The Balaban J connectivity index is 1.31. The number of fused-ring (bicyclic) bond motifs is 2. The van der Waals surface area contributed by atoms with Gasteiger partial charge in [-0.25, -0.2) is 14.8 Å². The number of nitrogens with zero attached hydrogens (tertiary/aromatic N) is 6. The van der Waals surface area contributed by atoms with Gasteiger partial charge in [0, 0.05) is 29.0 Å². The molecule has 0 saturated carbocycles. The summed E-state index contributed by atoms with van der Waals surface area (Å²) >= 11 is 0. The van der Waals surface area contributed by atoms with Crippen LogP contribution in [0, 0.1) is 0 Å². The van der Waals surface area contributed by atoms with Crippen LogP contribution in [0.4, 0.5) is 10.6 Å². The molecule has 1 aliphatic rings. The largest absolute Gasteiger partial charge is 0.484 e. The number of hydrogen-bond acceptors (Lipinski definition) is 8. The highest BCUT2D eigenvalue weighted by atomic mass is 16.5. The summed E-state index contributed by atoms with van der Waals surface area (Å²) in [7, 11) is 4.05. The van der Waals surface area contributed by atoms with Crippen molar-refractivity contribution in [2.75, 3.05) is 26.0 Å². The van der Waals surface area contributed by atoms with Crippen LogP contribution in [-0.4, -0.2) is 67.6 Å². The maximum absolute atomic E-state index is 13.5. The molecule has 5 rings (SSSR count). The number of rotatable bonds is 10. The summed E-state index contributed by atoms with van der Waals surface area (Å²) in [5, 5.41) is 17.8. The standard InChI is InChI=1S/C38H53N9O3/c1-11-38(12-2,46(9)10)23-39-33(48)32-41-29(36(3,4)5)21-30(42-32)43-35(49)40-27-18-19-28(26-16-14-13-15-25(26)27)50-24-17-20-31-44-45-34(37(6,7)8)47(31)22-24/h13-17,20-22,27-28H,11-12,18-19,23H2,1-10H3,(H,39,48)(H2,40,41,42,43,49)/t27-,28+/m0/s1. The van der Waals surface area contributed by atoms with Crippen molar-refractivity contribution in [1.29, 1.82) is 0 Å². The van der Waals surface area contributed by atoms with Gasteiger partial charge < -0.3 is 20.3 Å². The Kier molecular flexibility index (Phi) is 10.5. The Morgan fingerprint density at radius 1 is 0.920 bits per heavy atom. The number of aromatic nitrogens is 5. The van der Waals surface area contributed by atoms with Gasteiger partial charge in [-0.2, -0.15) is 0 Å². The molecule has 3 heterocycles. The number of benzene rings is 1. The van der Waals surface area contributed by atoms with Crippen molar-refractivity contribution >= 4 is 23.4 Å². The van der Waals surface area contributed by atoms with Crippen LogP contribution in [0.1, 0.15) is 126 Å². The van der Waals surface area contributed by atoms with Gasteiger partial charge in [-0.15, -0.1) is 10.2 Å². The fourth-order valence-electron chi connectivity index (χ4n) is 6.56. The van der Waals surface area contributed by atoms with Gasteiger partial charge in [-0.3, -0.25) is 14.5 Å². The van der Waals surface area contributed by atoms with E-state index in [1.165, 1.54) is 0 Å². The summed E-state index contributed by atoms with van der Waals surface area (Å²) < 4.78 is 8.55. The maximum Gasteiger partial charge on any atom is 0.320 e. The first-order chi connectivity index (χ1) is 23.5. The Morgan fingerprint density at radius 2 is 1.62 bits per heavy atom. The van der Waals surface area contributed by atoms with E-state index in [0.29, 0.717) is 25.1 Å². The normalized spacial score (nSPS) is 16.6. The fraction of sp³-hybridized carbons (Fsp3) is 0.526. The lowest BCUT2D eigenvalue weighted by atomic mass is 9.85. The zero-order valence-corrected chi connectivity index (χ0v) is 31.2. The second-order valence-corrected chi connectivity index (χ2v) is 15.6. The van der Waals surface area contributed by atoms with Crippen molar-refractivity contribution in [3.63, 3.8) is 0 Å². The number of nitrogens with one attached hydrogen (secondary N) is 3.